The van der Waals surface area contributed by atoms with Crippen molar-refractivity contribution < 1.29 is 4.79 Å². The second-order valence-electron chi connectivity index (χ2n) is 8.27. The summed E-state index contributed by atoms with van der Waals surface area (Å²) in [6.45, 7) is 8.67. The van der Waals surface area contributed by atoms with Gasteiger partial charge in [0.15, 0.2) is 0 Å². The van der Waals surface area contributed by atoms with Crippen molar-refractivity contribution in [1.29, 1.82) is 0 Å². The van der Waals surface area contributed by atoms with Crippen molar-refractivity contribution in [2.75, 3.05) is 13.1 Å². The van der Waals surface area contributed by atoms with Gasteiger partial charge in [-0.3, -0.25) is 14.4 Å². The topological polar surface area (TPSA) is 50.2 Å². The minimum atomic E-state index is -0.0497. The third-order valence-electron chi connectivity index (χ3n) is 5.71. The predicted octanol–water partition coefficient (Wildman–Crippen LogP) is 4.07. The lowest BCUT2D eigenvalue weighted by Gasteiger charge is -2.14. The Bertz CT molecular complexity index is 1000. The number of nitrogens with zero attached hydrogens (tertiary/aromatic N) is 3. The number of aryl methyl sites for hydroxylation is 2. The zero-order valence-corrected chi connectivity index (χ0v) is 17.9. The zero-order valence-electron chi connectivity index (χ0n) is 17.9. The molecule has 1 saturated heterocycles. The molecule has 0 saturated carbocycles. The lowest BCUT2D eigenvalue weighted by atomic mass is 10.1. The highest BCUT2D eigenvalue weighted by Crippen LogP contribution is 2.14. The van der Waals surface area contributed by atoms with Crippen LogP contribution in [-0.4, -0.2) is 33.7 Å². The summed E-state index contributed by atoms with van der Waals surface area (Å²) in [5.74, 6) is -0.0497. The molecule has 0 atom stereocenters. The van der Waals surface area contributed by atoms with Gasteiger partial charge in [0.05, 0.1) is 12.2 Å². The quantitative estimate of drug-likeness (QED) is 0.648. The highest BCUT2D eigenvalue weighted by molar-refractivity contribution is 5.94. The Kier molecular flexibility index (Phi) is 6.29. The monoisotopic (exact) mass is 402 g/mol. The Balaban J connectivity index is 1.33. The standard InChI is InChI=1S/C25H30N4O/c1-19-14-20(2)29(27-19)18-23-6-5-7-24(15-23)25(30)26-16-21-8-10-22(11-9-21)17-28-12-3-4-13-28/h5-11,14-15H,3-4,12-13,16-18H2,1-2H3,(H,26,30). The van der Waals surface area contributed by atoms with Crippen molar-refractivity contribution in [3.05, 3.63) is 88.2 Å². The molecular weight excluding hydrogens is 372 g/mol. The van der Waals surface area contributed by atoms with Gasteiger partial charge >= 0.3 is 0 Å². The fourth-order valence-electron chi connectivity index (χ4n) is 4.06. The lowest BCUT2D eigenvalue weighted by Crippen LogP contribution is -2.23. The summed E-state index contributed by atoms with van der Waals surface area (Å²) in [6.07, 6.45) is 2.62. The van der Waals surface area contributed by atoms with Gasteiger partial charge in [-0.25, -0.2) is 0 Å². The molecule has 3 aromatic rings. The summed E-state index contributed by atoms with van der Waals surface area (Å²) in [7, 11) is 0. The van der Waals surface area contributed by atoms with Crippen molar-refractivity contribution in [2.24, 2.45) is 0 Å². The molecule has 1 aliphatic rings. The molecule has 0 unspecified atom stereocenters. The Morgan fingerprint density at radius 1 is 0.933 bits per heavy atom. The highest BCUT2D eigenvalue weighted by atomic mass is 16.1. The molecule has 0 bridgehead atoms. The fraction of sp³-hybridized carbons (Fsp3) is 0.360. The van der Waals surface area contributed by atoms with Gasteiger partial charge in [-0.1, -0.05) is 36.4 Å². The second kappa shape index (κ2) is 9.26. The van der Waals surface area contributed by atoms with Crippen LogP contribution in [0.5, 0.6) is 0 Å². The van der Waals surface area contributed by atoms with E-state index in [1.54, 1.807) is 0 Å². The maximum absolute atomic E-state index is 12.7. The summed E-state index contributed by atoms with van der Waals surface area (Å²) in [5.41, 5.74) is 6.33. The Morgan fingerprint density at radius 2 is 1.67 bits per heavy atom. The van der Waals surface area contributed by atoms with E-state index in [-0.39, 0.29) is 5.91 Å². The van der Waals surface area contributed by atoms with Crippen LogP contribution in [0.15, 0.2) is 54.6 Å². The molecule has 1 amide bonds. The zero-order chi connectivity index (χ0) is 20.9. The van der Waals surface area contributed by atoms with E-state index in [9.17, 15) is 4.79 Å². The van der Waals surface area contributed by atoms with Gasteiger partial charge in [0.25, 0.3) is 5.91 Å². The molecule has 4 rings (SSSR count). The molecule has 5 heteroatoms. The Hall–Kier alpha value is -2.92. The predicted molar refractivity (Wildman–Crippen MR) is 119 cm³/mol. The second-order valence-corrected chi connectivity index (χ2v) is 8.27. The van der Waals surface area contributed by atoms with Crippen molar-refractivity contribution in [3.8, 4) is 0 Å². The molecule has 0 aliphatic carbocycles. The average Bonchev–Trinajstić information content (AvgIpc) is 3.36. The van der Waals surface area contributed by atoms with E-state index >= 15 is 0 Å². The van der Waals surface area contributed by atoms with Gasteiger partial charge in [0.1, 0.15) is 0 Å². The molecule has 1 fully saturated rings. The fourth-order valence-corrected chi connectivity index (χ4v) is 4.06. The summed E-state index contributed by atoms with van der Waals surface area (Å²) in [5, 5.41) is 7.55. The minimum Gasteiger partial charge on any atom is -0.348 e. The van der Waals surface area contributed by atoms with Gasteiger partial charge in [0, 0.05) is 24.3 Å². The molecule has 0 spiro atoms. The van der Waals surface area contributed by atoms with E-state index in [1.807, 2.05) is 42.8 Å². The van der Waals surface area contributed by atoms with Crippen LogP contribution in [-0.2, 0) is 19.6 Å². The lowest BCUT2D eigenvalue weighted by molar-refractivity contribution is 0.0951. The number of benzene rings is 2. The molecule has 0 radical (unpaired) electrons. The molecular formula is C25H30N4O. The number of carbonyl (C=O) groups excluding carboxylic acids is 1. The van der Waals surface area contributed by atoms with Crippen molar-refractivity contribution in [2.45, 2.75) is 46.3 Å². The smallest absolute Gasteiger partial charge is 0.251 e. The van der Waals surface area contributed by atoms with E-state index in [2.05, 4.69) is 45.6 Å². The van der Waals surface area contributed by atoms with E-state index in [1.165, 1.54) is 31.5 Å². The van der Waals surface area contributed by atoms with Gasteiger partial charge in [0.2, 0.25) is 0 Å². The normalized spacial score (nSPS) is 14.2. The largest absolute Gasteiger partial charge is 0.348 e. The van der Waals surface area contributed by atoms with Gasteiger partial charge < -0.3 is 5.32 Å². The van der Waals surface area contributed by atoms with Crippen LogP contribution in [0, 0.1) is 13.8 Å². The van der Waals surface area contributed by atoms with Crippen LogP contribution in [0.25, 0.3) is 0 Å². The van der Waals surface area contributed by atoms with E-state index in [0.29, 0.717) is 18.7 Å². The first-order valence-corrected chi connectivity index (χ1v) is 10.8. The molecule has 156 valence electrons. The number of aromatic nitrogens is 2. The molecule has 1 aromatic heterocycles. The summed E-state index contributed by atoms with van der Waals surface area (Å²) in [4.78, 5) is 15.1. The molecule has 1 N–H and O–H groups in total. The Labute approximate surface area is 178 Å². The first-order valence-electron chi connectivity index (χ1n) is 10.8. The number of nitrogens with one attached hydrogen (secondary N) is 1. The molecule has 1 aliphatic heterocycles. The molecule has 30 heavy (non-hydrogen) atoms. The van der Waals surface area contributed by atoms with Crippen LogP contribution < -0.4 is 5.32 Å². The first-order chi connectivity index (χ1) is 14.6. The molecule has 2 aromatic carbocycles. The summed E-state index contributed by atoms with van der Waals surface area (Å²) < 4.78 is 1.97. The van der Waals surface area contributed by atoms with Crippen LogP contribution in [0.2, 0.25) is 0 Å². The van der Waals surface area contributed by atoms with Crippen LogP contribution in [0.3, 0.4) is 0 Å². The van der Waals surface area contributed by atoms with E-state index in [0.717, 1.165) is 29.1 Å². The number of amides is 1. The number of hydrogen-bond donors (Lipinski definition) is 1. The van der Waals surface area contributed by atoms with Crippen LogP contribution in [0.4, 0.5) is 0 Å². The minimum absolute atomic E-state index is 0.0497. The third kappa shape index (κ3) is 5.16. The van der Waals surface area contributed by atoms with Crippen molar-refractivity contribution in [1.82, 2.24) is 20.0 Å². The summed E-state index contributed by atoms with van der Waals surface area (Å²) >= 11 is 0. The van der Waals surface area contributed by atoms with Crippen molar-refractivity contribution in [3.63, 3.8) is 0 Å². The van der Waals surface area contributed by atoms with Crippen molar-refractivity contribution >= 4 is 5.91 Å². The highest BCUT2D eigenvalue weighted by Gasteiger charge is 2.12. The molecule has 2 heterocycles. The number of carbonyl (C=O) groups is 1. The molecule has 5 nitrogen and oxygen atoms in total. The third-order valence-corrected chi connectivity index (χ3v) is 5.71. The first kappa shape index (κ1) is 20.4. The van der Waals surface area contributed by atoms with Gasteiger partial charge in [-0.15, -0.1) is 0 Å². The van der Waals surface area contributed by atoms with Gasteiger partial charge in [-0.05, 0) is 74.7 Å². The van der Waals surface area contributed by atoms with Gasteiger partial charge in [-0.2, -0.15) is 5.10 Å². The number of hydrogen-bond acceptors (Lipinski definition) is 3. The summed E-state index contributed by atoms with van der Waals surface area (Å²) in [6, 6.07) is 18.4. The van der Waals surface area contributed by atoms with Crippen LogP contribution >= 0.6 is 0 Å². The van der Waals surface area contributed by atoms with E-state index < -0.39 is 0 Å². The maximum atomic E-state index is 12.7. The number of rotatable bonds is 7. The maximum Gasteiger partial charge on any atom is 0.251 e. The SMILES string of the molecule is Cc1cc(C)n(Cc2cccc(C(=O)NCc3ccc(CN4CCCC4)cc3)c2)n1. The average molecular weight is 403 g/mol. The van der Waals surface area contributed by atoms with E-state index in [4.69, 9.17) is 0 Å². The van der Waals surface area contributed by atoms with Crippen LogP contribution in [0.1, 0.15) is 51.3 Å². The number of likely N-dealkylation sites (tertiary alicyclic amines) is 1. The Morgan fingerprint density at radius 3 is 2.37 bits per heavy atom.